The molecule has 1 aromatic heterocycles. The first-order chi connectivity index (χ1) is 12.3. The van der Waals surface area contributed by atoms with Crippen LogP contribution in [0.1, 0.15) is 0 Å². The van der Waals surface area contributed by atoms with Crippen molar-refractivity contribution in [1.29, 1.82) is 0 Å². The molecule has 144 valence electrons. The maximum Gasteiger partial charge on any atom is 0.244 e. The largest absolute Gasteiger partial charge is 0.320 e. The first-order valence-electron chi connectivity index (χ1n) is 7.77. The third-order valence-corrected chi connectivity index (χ3v) is 7.10. The number of rotatable bonds is 4. The number of sulfonamides is 1. The summed E-state index contributed by atoms with van der Waals surface area (Å²) in [7, 11) is 1.26. The molecule has 0 unspecified atom stereocenters. The number of thiazole rings is 1. The van der Waals surface area contributed by atoms with Crippen molar-refractivity contribution < 1.29 is 8.42 Å². The minimum absolute atomic E-state index is 0. The van der Waals surface area contributed by atoms with Gasteiger partial charge in [0.25, 0.3) is 0 Å². The molecule has 0 aliphatic heterocycles. The smallest absolute Gasteiger partial charge is 0.244 e. The van der Waals surface area contributed by atoms with Gasteiger partial charge in [-0.2, -0.15) is 0 Å². The molecule has 1 heterocycles. The summed E-state index contributed by atoms with van der Waals surface area (Å²) in [5, 5.41) is 2.16. The van der Waals surface area contributed by atoms with E-state index in [4.69, 9.17) is 11.6 Å². The van der Waals surface area contributed by atoms with E-state index >= 15 is 0 Å². The Bertz CT molecular complexity index is 1110. The maximum atomic E-state index is 12.5. The standard InChI is InChI=1S/C18H18ClN3O2S2.ClH/c1-21(2)26(23,24)17-11-13(9-10-15(17)19)16-12-25-18(22(16)3)20-14-7-5-4-6-8-14;/h4-12H,1-3H3;1H/b20-18+;. The van der Waals surface area contributed by atoms with Gasteiger partial charge in [0.15, 0.2) is 4.80 Å². The van der Waals surface area contributed by atoms with Crippen molar-refractivity contribution in [2.45, 2.75) is 4.90 Å². The minimum atomic E-state index is -3.62. The molecule has 0 saturated heterocycles. The fourth-order valence-corrected chi connectivity index (χ4v) is 4.72. The van der Waals surface area contributed by atoms with Gasteiger partial charge in [0.05, 0.1) is 16.4 Å². The number of hydrogen-bond donors (Lipinski definition) is 0. The minimum Gasteiger partial charge on any atom is -0.320 e. The van der Waals surface area contributed by atoms with Crippen LogP contribution < -0.4 is 4.80 Å². The van der Waals surface area contributed by atoms with Crippen LogP contribution in [0.3, 0.4) is 0 Å². The third-order valence-electron chi connectivity index (χ3n) is 3.89. The number of nitrogens with zero attached hydrogens (tertiary/aromatic N) is 3. The Morgan fingerprint density at radius 3 is 2.41 bits per heavy atom. The van der Waals surface area contributed by atoms with Crippen molar-refractivity contribution >= 4 is 51.1 Å². The molecule has 0 aliphatic rings. The molecule has 0 amide bonds. The summed E-state index contributed by atoms with van der Waals surface area (Å²) in [6.45, 7) is 0. The third kappa shape index (κ3) is 4.44. The topological polar surface area (TPSA) is 54.7 Å². The van der Waals surface area contributed by atoms with E-state index < -0.39 is 10.0 Å². The number of halogens is 2. The number of hydrogen-bond acceptors (Lipinski definition) is 4. The molecular formula is C18H19Cl2N3O2S2. The fourth-order valence-electron chi connectivity index (χ4n) is 2.40. The van der Waals surface area contributed by atoms with Crippen LogP contribution in [0.5, 0.6) is 0 Å². The summed E-state index contributed by atoms with van der Waals surface area (Å²) >= 11 is 7.63. The van der Waals surface area contributed by atoms with Crippen LogP contribution in [0, 0.1) is 0 Å². The van der Waals surface area contributed by atoms with Crippen LogP contribution >= 0.6 is 35.3 Å². The Morgan fingerprint density at radius 2 is 1.78 bits per heavy atom. The van der Waals surface area contributed by atoms with E-state index in [-0.39, 0.29) is 22.3 Å². The molecule has 3 aromatic rings. The van der Waals surface area contributed by atoms with Gasteiger partial charge < -0.3 is 4.57 Å². The molecule has 9 heteroatoms. The van der Waals surface area contributed by atoms with Crippen LogP contribution in [0.25, 0.3) is 11.3 Å². The van der Waals surface area contributed by atoms with E-state index in [1.54, 1.807) is 12.1 Å². The van der Waals surface area contributed by atoms with Gasteiger partial charge in [-0.3, -0.25) is 0 Å². The van der Waals surface area contributed by atoms with Gasteiger partial charge in [0, 0.05) is 32.1 Å². The van der Waals surface area contributed by atoms with Gasteiger partial charge >= 0.3 is 0 Å². The summed E-state index contributed by atoms with van der Waals surface area (Å²) in [5.41, 5.74) is 2.50. The lowest BCUT2D eigenvalue weighted by atomic mass is 10.2. The molecule has 5 nitrogen and oxygen atoms in total. The van der Waals surface area contributed by atoms with Crippen molar-refractivity contribution in [3.63, 3.8) is 0 Å². The zero-order valence-electron chi connectivity index (χ0n) is 15.0. The van der Waals surface area contributed by atoms with Gasteiger partial charge in [0.1, 0.15) is 4.90 Å². The average molecular weight is 444 g/mol. The number of para-hydroxylation sites is 1. The summed E-state index contributed by atoms with van der Waals surface area (Å²) in [4.78, 5) is 5.54. The monoisotopic (exact) mass is 443 g/mol. The SMILES string of the molecule is CN(C)S(=O)(=O)c1cc(-c2cs/c(=N/c3ccccc3)n2C)ccc1Cl.Cl. The number of aromatic nitrogens is 1. The molecule has 0 atom stereocenters. The predicted molar refractivity (Wildman–Crippen MR) is 114 cm³/mol. The lowest BCUT2D eigenvalue weighted by Gasteiger charge is -2.14. The van der Waals surface area contributed by atoms with Crippen LogP contribution in [0.2, 0.25) is 5.02 Å². The van der Waals surface area contributed by atoms with Gasteiger partial charge in [0.2, 0.25) is 10.0 Å². The van der Waals surface area contributed by atoms with Gasteiger partial charge in [-0.25, -0.2) is 17.7 Å². The summed E-state index contributed by atoms with van der Waals surface area (Å²) in [6.07, 6.45) is 0. The summed E-state index contributed by atoms with van der Waals surface area (Å²) in [6, 6.07) is 14.7. The van der Waals surface area contributed by atoms with E-state index in [1.807, 2.05) is 53.4 Å². The normalized spacial score (nSPS) is 12.3. The molecule has 3 rings (SSSR count). The highest BCUT2D eigenvalue weighted by atomic mass is 35.5. The molecular weight excluding hydrogens is 425 g/mol. The van der Waals surface area contributed by atoms with Crippen molar-refractivity contribution in [3.8, 4) is 11.3 Å². The van der Waals surface area contributed by atoms with Crippen molar-refractivity contribution in [2.75, 3.05) is 14.1 Å². The van der Waals surface area contributed by atoms with Gasteiger partial charge in [-0.1, -0.05) is 35.9 Å². The van der Waals surface area contributed by atoms with Crippen LogP contribution in [0.15, 0.2) is 63.8 Å². The first kappa shape index (κ1) is 21.7. The Balaban J connectivity index is 0.00000261. The van der Waals surface area contributed by atoms with E-state index in [0.29, 0.717) is 0 Å². The van der Waals surface area contributed by atoms with Crippen molar-refractivity contribution in [2.24, 2.45) is 12.0 Å². The van der Waals surface area contributed by atoms with E-state index in [9.17, 15) is 8.42 Å². The second-order valence-corrected chi connectivity index (χ2v) is 9.21. The molecule has 2 aromatic carbocycles. The maximum absolute atomic E-state index is 12.5. The van der Waals surface area contributed by atoms with Crippen molar-refractivity contribution in [3.05, 3.63) is 63.7 Å². The second kappa shape index (κ2) is 8.58. The van der Waals surface area contributed by atoms with Crippen molar-refractivity contribution in [1.82, 2.24) is 8.87 Å². The average Bonchev–Trinajstić information content (AvgIpc) is 2.97. The molecule has 0 fully saturated rings. The van der Waals surface area contributed by atoms with Crippen LogP contribution in [-0.2, 0) is 17.1 Å². The molecule has 0 saturated carbocycles. The Morgan fingerprint density at radius 1 is 1.11 bits per heavy atom. The Hall–Kier alpha value is -1.64. The molecule has 0 N–H and O–H groups in total. The zero-order chi connectivity index (χ0) is 18.9. The van der Waals surface area contributed by atoms with E-state index in [0.717, 1.165) is 26.1 Å². The van der Waals surface area contributed by atoms with E-state index in [2.05, 4.69) is 4.99 Å². The predicted octanol–water partition coefficient (Wildman–Crippen LogP) is 4.31. The van der Waals surface area contributed by atoms with Crippen LogP contribution in [-0.4, -0.2) is 31.4 Å². The summed E-state index contributed by atoms with van der Waals surface area (Å²) in [5.74, 6) is 0. The lowest BCUT2D eigenvalue weighted by molar-refractivity contribution is 0.521. The molecule has 0 aliphatic carbocycles. The number of benzene rings is 2. The van der Waals surface area contributed by atoms with Gasteiger partial charge in [-0.15, -0.1) is 23.7 Å². The van der Waals surface area contributed by atoms with E-state index in [1.165, 1.54) is 25.4 Å². The first-order valence-corrected chi connectivity index (χ1v) is 10.5. The highest BCUT2D eigenvalue weighted by molar-refractivity contribution is 7.89. The Labute approximate surface area is 174 Å². The zero-order valence-corrected chi connectivity index (χ0v) is 18.2. The highest BCUT2D eigenvalue weighted by Crippen LogP contribution is 2.29. The molecule has 0 bridgehead atoms. The fraction of sp³-hybridized carbons (Fsp3) is 0.167. The Kier molecular flexibility index (Phi) is 6.88. The lowest BCUT2D eigenvalue weighted by Crippen LogP contribution is -2.22. The van der Waals surface area contributed by atoms with Gasteiger partial charge in [-0.05, 0) is 24.3 Å². The highest BCUT2D eigenvalue weighted by Gasteiger charge is 2.22. The second-order valence-electron chi connectivity index (χ2n) is 5.84. The molecule has 0 radical (unpaired) electrons. The quantitative estimate of drug-likeness (QED) is 0.602. The molecule has 0 spiro atoms. The molecule has 27 heavy (non-hydrogen) atoms. The van der Waals surface area contributed by atoms with Crippen LogP contribution in [0.4, 0.5) is 5.69 Å². The summed E-state index contributed by atoms with van der Waals surface area (Å²) < 4.78 is 28.1.